The average molecular weight is 208 g/mol. The summed E-state index contributed by atoms with van der Waals surface area (Å²) >= 11 is 0. The van der Waals surface area contributed by atoms with Crippen molar-refractivity contribution in [2.24, 2.45) is 10.8 Å². The van der Waals surface area contributed by atoms with Crippen LogP contribution in [0.5, 0.6) is 0 Å². The molecule has 0 aliphatic heterocycles. The van der Waals surface area contributed by atoms with E-state index in [1.165, 1.54) is 30.3 Å². The molecule has 0 unspecified atom stereocenters. The van der Waals surface area contributed by atoms with E-state index in [2.05, 4.69) is 33.0 Å². The standard InChI is InChI=1S/C13H24N2/c1-12(2)8-6-7-10(9-14)11(15-5)13(12,3)4/h9,14-15H,6-8H2,1-5H3. The van der Waals surface area contributed by atoms with Crippen LogP contribution in [0.25, 0.3) is 0 Å². The maximum absolute atomic E-state index is 7.51. The molecule has 2 heteroatoms. The summed E-state index contributed by atoms with van der Waals surface area (Å²) in [5.74, 6) is 0. The molecule has 0 spiro atoms. The van der Waals surface area contributed by atoms with E-state index in [4.69, 9.17) is 5.41 Å². The van der Waals surface area contributed by atoms with E-state index in [1.807, 2.05) is 7.05 Å². The van der Waals surface area contributed by atoms with Gasteiger partial charge in [-0.1, -0.05) is 27.7 Å². The highest BCUT2D eigenvalue weighted by atomic mass is 14.9. The summed E-state index contributed by atoms with van der Waals surface area (Å²) < 4.78 is 0. The second-order valence-electron chi connectivity index (χ2n) is 5.66. The zero-order chi connectivity index (χ0) is 11.7. The predicted octanol–water partition coefficient (Wildman–Crippen LogP) is 3.35. The Morgan fingerprint density at radius 3 is 2.33 bits per heavy atom. The first-order chi connectivity index (χ1) is 6.86. The molecule has 86 valence electrons. The Morgan fingerprint density at radius 2 is 1.87 bits per heavy atom. The van der Waals surface area contributed by atoms with E-state index in [9.17, 15) is 0 Å². The number of rotatable bonds is 2. The first-order valence-electron chi connectivity index (χ1n) is 5.78. The fourth-order valence-corrected chi connectivity index (χ4v) is 2.52. The number of hydrogen-bond acceptors (Lipinski definition) is 2. The summed E-state index contributed by atoms with van der Waals surface area (Å²) in [5, 5.41) is 10.8. The Bertz CT molecular complexity index is 285. The van der Waals surface area contributed by atoms with E-state index in [0.717, 1.165) is 6.42 Å². The molecule has 0 fully saturated rings. The molecule has 2 nitrogen and oxygen atoms in total. The molecular formula is C13H24N2. The van der Waals surface area contributed by atoms with E-state index >= 15 is 0 Å². The average Bonchev–Trinajstić information content (AvgIpc) is 2.22. The van der Waals surface area contributed by atoms with E-state index in [1.54, 1.807) is 0 Å². The van der Waals surface area contributed by atoms with Gasteiger partial charge in [0.05, 0.1) is 0 Å². The van der Waals surface area contributed by atoms with Crippen LogP contribution in [0.15, 0.2) is 11.3 Å². The fraction of sp³-hybridized carbons (Fsp3) is 0.769. The molecule has 0 saturated heterocycles. The van der Waals surface area contributed by atoms with Gasteiger partial charge in [0.2, 0.25) is 0 Å². The van der Waals surface area contributed by atoms with Crippen LogP contribution in [-0.2, 0) is 0 Å². The van der Waals surface area contributed by atoms with Crippen LogP contribution in [0, 0.1) is 16.2 Å². The third-order valence-electron chi connectivity index (χ3n) is 4.31. The van der Waals surface area contributed by atoms with Crippen molar-refractivity contribution in [2.75, 3.05) is 7.05 Å². The Morgan fingerprint density at radius 1 is 1.27 bits per heavy atom. The van der Waals surface area contributed by atoms with Gasteiger partial charge in [-0.3, -0.25) is 0 Å². The molecule has 0 aromatic rings. The van der Waals surface area contributed by atoms with Gasteiger partial charge in [-0.25, -0.2) is 0 Å². The molecule has 1 aliphatic carbocycles. The Labute approximate surface area is 93.7 Å². The Balaban J connectivity index is 3.27. The third kappa shape index (κ3) is 1.95. The lowest BCUT2D eigenvalue weighted by Gasteiger charge is -2.42. The van der Waals surface area contributed by atoms with Gasteiger partial charge in [-0.05, 0) is 30.3 Å². The minimum atomic E-state index is 0.116. The lowest BCUT2D eigenvalue weighted by molar-refractivity contribution is 0.134. The highest BCUT2D eigenvalue weighted by Gasteiger charge is 2.41. The molecule has 0 saturated carbocycles. The van der Waals surface area contributed by atoms with Gasteiger partial charge in [-0.15, -0.1) is 0 Å². The van der Waals surface area contributed by atoms with Crippen molar-refractivity contribution in [3.8, 4) is 0 Å². The molecule has 0 radical (unpaired) electrons. The van der Waals surface area contributed by atoms with Gasteiger partial charge in [-0.2, -0.15) is 0 Å². The number of allylic oxidation sites excluding steroid dienone is 2. The van der Waals surface area contributed by atoms with Crippen molar-refractivity contribution in [3.05, 3.63) is 11.3 Å². The van der Waals surface area contributed by atoms with Gasteiger partial charge in [0, 0.05) is 24.4 Å². The van der Waals surface area contributed by atoms with Gasteiger partial charge in [0.25, 0.3) is 0 Å². The van der Waals surface area contributed by atoms with Gasteiger partial charge in [0.1, 0.15) is 0 Å². The highest BCUT2D eigenvalue weighted by Crippen LogP contribution is 2.49. The Hall–Kier alpha value is -0.790. The lowest BCUT2D eigenvalue weighted by atomic mass is 9.64. The Kier molecular flexibility index (Phi) is 3.27. The summed E-state index contributed by atoms with van der Waals surface area (Å²) in [5.41, 5.74) is 2.83. The van der Waals surface area contributed by atoms with E-state index in [0.29, 0.717) is 0 Å². The van der Waals surface area contributed by atoms with Crippen LogP contribution < -0.4 is 5.32 Å². The third-order valence-corrected chi connectivity index (χ3v) is 4.31. The minimum Gasteiger partial charge on any atom is -0.391 e. The second-order valence-corrected chi connectivity index (χ2v) is 5.66. The second kappa shape index (κ2) is 3.99. The predicted molar refractivity (Wildman–Crippen MR) is 66.3 cm³/mol. The number of nitrogens with one attached hydrogen (secondary N) is 2. The summed E-state index contributed by atoms with van der Waals surface area (Å²) in [6, 6.07) is 0. The van der Waals surface area contributed by atoms with Crippen LogP contribution in [0.1, 0.15) is 47.0 Å². The van der Waals surface area contributed by atoms with Crippen LogP contribution in [0.2, 0.25) is 0 Å². The summed E-state index contributed by atoms with van der Waals surface area (Å²) in [7, 11) is 1.97. The normalized spacial score (nSPS) is 24.6. The molecule has 0 aromatic heterocycles. The molecule has 1 rings (SSSR count). The van der Waals surface area contributed by atoms with Crippen LogP contribution in [0.3, 0.4) is 0 Å². The van der Waals surface area contributed by atoms with E-state index in [-0.39, 0.29) is 10.8 Å². The molecule has 0 amide bonds. The maximum atomic E-state index is 7.51. The first-order valence-corrected chi connectivity index (χ1v) is 5.78. The highest BCUT2D eigenvalue weighted by molar-refractivity contribution is 5.77. The van der Waals surface area contributed by atoms with E-state index < -0.39 is 0 Å². The van der Waals surface area contributed by atoms with Crippen molar-refractivity contribution in [1.29, 1.82) is 5.41 Å². The molecule has 0 aromatic carbocycles. The zero-order valence-corrected chi connectivity index (χ0v) is 10.7. The monoisotopic (exact) mass is 208 g/mol. The minimum absolute atomic E-state index is 0.116. The lowest BCUT2D eigenvalue weighted by Crippen LogP contribution is -2.38. The van der Waals surface area contributed by atoms with Gasteiger partial charge < -0.3 is 10.7 Å². The van der Waals surface area contributed by atoms with Crippen LogP contribution >= 0.6 is 0 Å². The first kappa shape index (κ1) is 12.3. The van der Waals surface area contributed by atoms with Crippen molar-refractivity contribution < 1.29 is 0 Å². The van der Waals surface area contributed by atoms with Crippen molar-refractivity contribution in [2.45, 2.75) is 47.0 Å². The topological polar surface area (TPSA) is 35.9 Å². The number of hydrogen-bond donors (Lipinski definition) is 2. The fourth-order valence-electron chi connectivity index (χ4n) is 2.52. The molecule has 0 bridgehead atoms. The maximum Gasteiger partial charge on any atom is 0.0227 e. The van der Waals surface area contributed by atoms with Crippen molar-refractivity contribution in [1.82, 2.24) is 5.32 Å². The molecule has 1 aliphatic rings. The summed E-state index contributed by atoms with van der Waals surface area (Å²) in [4.78, 5) is 0. The smallest absolute Gasteiger partial charge is 0.0227 e. The molecule has 15 heavy (non-hydrogen) atoms. The SMILES string of the molecule is CNC1=C(C=N)CCCC(C)(C)C1(C)C. The van der Waals surface area contributed by atoms with Crippen LogP contribution in [-0.4, -0.2) is 13.3 Å². The van der Waals surface area contributed by atoms with Gasteiger partial charge in [0.15, 0.2) is 0 Å². The summed E-state index contributed by atoms with van der Waals surface area (Å²) in [6.07, 6.45) is 4.97. The summed E-state index contributed by atoms with van der Waals surface area (Å²) in [6.45, 7) is 9.23. The molecular weight excluding hydrogens is 184 g/mol. The molecule has 2 N–H and O–H groups in total. The molecule has 0 atom stereocenters. The van der Waals surface area contributed by atoms with Gasteiger partial charge >= 0.3 is 0 Å². The van der Waals surface area contributed by atoms with Crippen LogP contribution in [0.4, 0.5) is 0 Å². The molecule has 0 heterocycles. The quantitative estimate of drug-likeness (QED) is 0.671. The largest absolute Gasteiger partial charge is 0.391 e. The van der Waals surface area contributed by atoms with Crippen molar-refractivity contribution in [3.63, 3.8) is 0 Å². The van der Waals surface area contributed by atoms with Crippen molar-refractivity contribution >= 4 is 6.21 Å². The zero-order valence-electron chi connectivity index (χ0n) is 10.7.